The number of carbonyl (C=O) groups is 1. The molecule has 4 aromatic rings. The predicted octanol–water partition coefficient (Wildman–Crippen LogP) is 3.72. The third-order valence-corrected chi connectivity index (χ3v) is 7.71. The van der Waals surface area contributed by atoms with E-state index in [4.69, 9.17) is 9.72 Å². The molecule has 0 spiro atoms. The Bertz CT molecular complexity index is 1460. The molecule has 2 aliphatic heterocycles. The fourth-order valence-electron chi connectivity index (χ4n) is 5.54. The lowest BCUT2D eigenvalue weighted by molar-refractivity contribution is 0.0789. The summed E-state index contributed by atoms with van der Waals surface area (Å²) < 4.78 is 5.75. The Morgan fingerprint density at radius 3 is 2.76 bits per heavy atom. The van der Waals surface area contributed by atoms with Crippen molar-refractivity contribution in [3.63, 3.8) is 0 Å². The zero-order valence-electron chi connectivity index (χ0n) is 21.5. The lowest BCUT2D eigenvalue weighted by Crippen LogP contribution is -2.33. The van der Waals surface area contributed by atoms with Gasteiger partial charge in [-0.15, -0.1) is 0 Å². The van der Waals surface area contributed by atoms with Gasteiger partial charge in [0.2, 0.25) is 0 Å². The van der Waals surface area contributed by atoms with Gasteiger partial charge in [-0.25, -0.2) is 9.97 Å². The first-order valence-electron chi connectivity index (χ1n) is 12.8. The van der Waals surface area contributed by atoms with E-state index in [0.717, 1.165) is 78.3 Å². The first-order valence-corrected chi connectivity index (χ1v) is 12.8. The first kappa shape index (κ1) is 23.6. The quantitative estimate of drug-likeness (QED) is 0.438. The highest BCUT2D eigenvalue weighted by molar-refractivity contribution is 5.96. The summed E-state index contributed by atoms with van der Waals surface area (Å²) in [7, 11) is 5.82. The van der Waals surface area contributed by atoms with E-state index < -0.39 is 0 Å². The second-order valence-electron chi connectivity index (χ2n) is 10.1. The van der Waals surface area contributed by atoms with Crippen molar-refractivity contribution in [3.8, 4) is 28.1 Å². The summed E-state index contributed by atoms with van der Waals surface area (Å²) >= 11 is 0. The third-order valence-electron chi connectivity index (χ3n) is 7.71. The standard InChI is InChI=1S/C29H32N6O2/c1-30-22-8-11-35(17-22)29(36)19-6-4-18(5-7-19)24-14-31-28-27(24)33-25(15-32-28)20-12-21-16-34(2)10-9-23(21)26(13-20)37-3/h4-7,12-15,22,30H,8-11,16-17H2,1-3H3,(H,31,32)/t22-/m0/s1. The lowest BCUT2D eigenvalue weighted by Gasteiger charge is -2.27. The Balaban J connectivity index is 1.31. The molecule has 8 heteroatoms. The molecule has 37 heavy (non-hydrogen) atoms. The summed E-state index contributed by atoms with van der Waals surface area (Å²) in [5, 5.41) is 3.27. The van der Waals surface area contributed by atoms with Gasteiger partial charge in [-0.2, -0.15) is 0 Å². The van der Waals surface area contributed by atoms with Crippen LogP contribution >= 0.6 is 0 Å². The maximum atomic E-state index is 13.0. The number of ether oxygens (including phenoxy) is 1. The summed E-state index contributed by atoms with van der Waals surface area (Å²) in [4.78, 5) is 30.1. The molecule has 2 aromatic carbocycles. The number of hydrogen-bond donors (Lipinski definition) is 2. The molecule has 6 rings (SSSR count). The average Bonchev–Trinajstić information content (AvgIpc) is 3.59. The number of methoxy groups -OCH3 is 1. The van der Waals surface area contributed by atoms with Crippen LogP contribution in [0.25, 0.3) is 33.5 Å². The number of benzene rings is 2. The number of nitrogens with zero attached hydrogens (tertiary/aromatic N) is 4. The van der Waals surface area contributed by atoms with E-state index in [1.165, 1.54) is 11.1 Å². The fourth-order valence-corrected chi connectivity index (χ4v) is 5.54. The summed E-state index contributed by atoms with van der Waals surface area (Å²) in [6.07, 6.45) is 5.72. The number of rotatable bonds is 5. The van der Waals surface area contributed by atoms with Crippen molar-refractivity contribution >= 4 is 17.1 Å². The Morgan fingerprint density at radius 1 is 1.16 bits per heavy atom. The van der Waals surface area contributed by atoms with E-state index in [9.17, 15) is 4.79 Å². The minimum Gasteiger partial charge on any atom is -0.496 e. The van der Waals surface area contributed by atoms with Gasteiger partial charge in [-0.05, 0) is 67.9 Å². The molecule has 2 aliphatic rings. The Morgan fingerprint density at radius 2 is 2.00 bits per heavy atom. The van der Waals surface area contributed by atoms with Gasteiger partial charge in [0, 0.05) is 55.1 Å². The summed E-state index contributed by atoms with van der Waals surface area (Å²) in [5.74, 6) is 0.994. The van der Waals surface area contributed by atoms with E-state index in [2.05, 4.69) is 39.4 Å². The highest BCUT2D eigenvalue weighted by Crippen LogP contribution is 2.34. The molecule has 1 atom stereocenters. The van der Waals surface area contributed by atoms with E-state index in [0.29, 0.717) is 11.6 Å². The van der Waals surface area contributed by atoms with E-state index in [1.807, 2.05) is 48.6 Å². The number of fused-ring (bicyclic) bond motifs is 2. The van der Waals surface area contributed by atoms with Crippen molar-refractivity contribution in [2.75, 3.05) is 40.8 Å². The summed E-state index contributed by atoms with van der Waals surface area (Å²) in [5.41, 5.74) is 8.57. The van der Waals surface area contributed by atoms with Crippen LogP contribution in [0.4, 0.5) is 0 Å². The Labute approximate surface area is 216 Å². The van der Waals surface area contributed by atoms with Gasteiger partial charge >= 0.3 is 0 Å². The van der Waals surface area contributed by atoms with Crippen LogP contribution < -0.4 is 10.1 Å². The van der Waals surface area contributed by atoms with Gasteiger partial charge in [0.05, 0.1) is 19.0 Å². The Kier molecular flexibility index (Phi) is 6.14. The molecule has 2 N–H and O–H groups in total. The number of nitrogens with one attached hydrogen (secondary N) is 2. The molecule has 8 nitrogen and oxygen atoms in total. The van der Waals surface area contributed by atoms with E-state index >= 15 is 0 Å². The number of carbonyl (C=O) groups excluding carboxylic acids is 1. The minimum atomic E-state index is 0.0808. The topological polar surface area (TPSA) is 86.4 Å². The third kappa shape index (κ3) is 4.36. The minimum absolute atomic E-state index is 0.0808. The van der Waals surface area contributed by atoms with Gasteiger partial charge in [0.1, 0.15) is 11.3 Å². The number of likely N-dealkylation sites (N-methyl/N-ethyl adjacent to an activating group) is 2. The molecule has 1 amide bonds. The van der Waals surface area contributed by atoms with Crippen molar-refractivity contribution < 1.29 is 9.53 Å². The zero-order valence-corrected chi connectivity index (χ0v) is 21.5. The van der Waals surface area contributed by atoms with Crippen LogP contribution in [0.15, 0.2) is 48.8 Å². The number of amides is 1. The molecule has 0 bridgehead atoms. The number of hydrogen-bond acceptors (Lipinski definition) is 6. The SMILES string of the molecule is CN[C@H]1CCN(C(=O)c2ccc(-c3c[nH]c4ncc(-c5cc6c(c(OC)c5)CCN(C)C6)nc34)cc2)C1. The van der Waals surface area contributed by atoms with Crippen LogP contribution in [-0.2, 0) is 13.0 Å². The molecular weight excluding hydrogens is 464 g/mol. The highest BCUT2D eigenvalue weighted by atomic mass is 16.5. The smallest absolute Gasteiger partial charge is 0.253 e. The predicted molar refractivity (Wildman–Crippen MR) is 145 cm³/mol. The van der Waals surface area contributed by atoms with Crippen LogP contribution in [0.5, 0.6) is 5.75 Å². The lowest BCUT2D eigenvalue weighted by atomic mass is 9.95. The number of aromatic nitrogens is 3. The Hall–Kier alpha value is -3.75. The van der Waals surface area contributed by atoms with Gasteiger partial charge < -0.3 is 24.8 Å². The van der Waals surface area contributed by atoms with E-state index in [1.54, 1.807) is 7.11 Å². The van der Waals surface area contributed by atoms with Crippen LogP contribution in [-0.4, -0.2) is 77.5 Å². The maximum absolute atomic E-state index is 13.0. The molecule has 0 radical (unpaired) electrons. The normalized spacial score (nSPS) is 17.8. The van der Waals surface area contributed by atoms with Gasteiger partial charge in [0.15, 0.2) is 5.65 Å². The van der Waals surface area contributed by atoms with Crippen LogP contribution in [0.1, 0.15) is 27.9 Å². The average molecular weight is 497 g/mol. The van der Waals surface area contributed by atoms with Crippen molar-refractivity contribution in [3.05, 3.63) is 65.5 Å². The molecule has 190 valence electrons. The summed E-state index contributed by atoms with van der Waals surface area (Å²) in [6, 6.07) is 12.5. The van der Waals surface area contributed by atoms with Gasteiger partial charge in [-0.1, -0.05) is 12.1 Å². The maximum Gasteiger partial charge on any atom is 0.253 e. The molecule has 4 heterocycles. The van der Waals surface area contributed by atoms with Crippen molar-refractivity contribution in [1.82, 2.24) is 30.1 Å². The zero-order chi connectivity index (χ0) is 25.5. The molecule has 1 fully saturated rings. The molecule has 0 unspecified atom stereocenters. The van der Waals surface area contributed by atoms with Crippen molar-refractivity contribution in [2.24, 2.45) is 0 Å². The fraction of sp³-hybridized carbons (Fsp3) is 0.345. The molecular formula is C29H32N6O2. The van der Waals surface area contributed by atoms with Crippen molar-refractivity contribution in [1.29, 1.82) is 0 Å². The second-order valence-corrected chi connectivity index (χ2v) is 10.1. The number of likely N-dealkylation sites (tertiary alicyclic amines) is 1. The molecule has 2 aromatic heterocycles. The summed E-state index contributed by atoms with van der Waals surface area (Å²) in [6.45, 7) is 3.46. The second kappa shape index (κ2) is 9.61. The monoisotopic (exact) mass is 496 g/mol. The van der Waals surface area contributed by atoms with Crippen LogP contribution in [0.3, 0.4) is 0 Å². The van der Waals surface area contributed by atoms with E-state index in [-0.39, 0.29) is 5.91 Å². The largest absolute Gasteiger partial charge is 0.496 e. The van der Waals surface area contributed by atoms with Gasteiger partial charge in [-0.3, -0.25) is 4.79 Å². The molecule has 0 saturated carbocycles. The first-order chi connectivity index (χ1) is 18.0. The molecule has 0 aliphatic carbocycles. The van der Waals surface area contributed by atoms with Crippen molar-refractivity contribution in [2.45, 2.75) is 25.4 Å². The number of aromatic amines is 1. The van der Waals surface area contributed by atoms with Crippen LogP contribution in [0.2, 0.25) is 0 Å². The highest BCUT2D eigenvalue weighted by Gasteiger charge is 2.26. The number of H-pyrrole nitrogens is 1. The van der Waals surface area contributed by atoms with Crippen LogP contribution in [0, 0.1) is 0 Å². The molecule has 1 saturated heterocycles. The van der Waals surface area contributed by atoms with Gasteiger partial charge in [0.25, 0.3) is 5.91 Å².